The third-order valence-electron chi connectivity index (χ3n) is 2.94. The molecule has 6 nitrogen and oxygen atoms in total. The van der Waals surface area contributed by atoms with Gasteiger partial charge in [0.2, 0.25) is 0 Å². The highest BCUT2D eigenvalue weighted by Gasteiger charge is 2.13. The van der Waals surface area contributed by atoms with Crippen LogP contribution in [0.15, 0.2) is 46.6 Å². The van der Waals surface area contributed by atoms with Gasteiger partial charge in [0.1, 0.15) is 10.2 Å². The van der Waals surface area contributed by atoms with Crippen molar-refractivity contribution in [2.24, 2.45) is 5.73 Å². The van der Waals surface area contributed by atoms with E-state index >= 15 is 0 Å². The number of nitrogens with zero attached hydrogens (tertiary/aromatic N) is 3. The Kier molecular flexibility index (Phi) is 3.82. The smallest absolute Gasteiger partial charge is 0.250 e. The van der Waals surface area contributed by atoms with E-state index in [1.807, 2.05) is 6.07 Å². The van der Waals surface area contributed by atoms with Gasteiger partial charge in [-0.05, 0) is 18.2 Å². The lowest BCUT2D eigenvalue weighted by molar-refractivity contribution is 0.100. The summed E-state index contributed by atoms with van der Waals surface area (Å²) in [6, 6.07) is 7.06. The summed E-state index contributed by atoms with van der Waals surface area (Å²) in [4.78, 5) is 24.7. The van der Waals surface area contributed by atoms with E-state index in [-0.39, 0.29) is 11.0 Å². The number of primary amides is 1. The Labute approximate surface area is 134 Å². The lowest BCUT2D eigenvalue weighted by Crippen LogP contribution is -2.12. The van der Waals surface area contributed by atoms with Gasteiger partial charge in [0.15, 0.2) is 5.82 Å². The first-order valence-corrected chi connectivity index (χ1v) is 7.39. The lowest BCUT2D eigenvalue weighted by Gasteiger charge is -2.09. The fourth-order valence-electron chi connectivity index (χ4n) is 1.99. The van der Waals surface area contributed by atoms with Gasteiger partial charge in [-0.3, -0.25) is 9.78 Å². The predicted octanol–water partition coefficient (Wildman–Crippen LogP) is 2.51. The number of hydrogen-bond acceptors (Lipinski definition) is 6. The number of carbonyl (C=O) groups excluding carboxylic acids is 1. The molecule has 0 spiro atoms. The van der Waals surface area contributed by atoms with Crippen LogP contribution >= 0.6 is 23.4 Å². The molecule has 0 aliphatic carbocycles. The molecule has 1 amide bonds. The number of amides is 1. The summed E-state index contributed by atoms with van der Waals surface area (Å²) in [5.41, 5.74) is 12.1. The Hall–Kier alpha value is -2.38. The highest BCUT2D eigenvalue weighted by molar-refractivity contribution is 7.99. The van der Waals surface area contributed by atoms with Crippen LogP contribution in [0.1, 0.15) is 10.4 Å². The molecule has 22 heavy (non-hydrogen) atoms. The molecule has 3 aromatic rings. The highest BCUT2D eigenvalue weighted by atomic mass is 35.5. The number of carbonyl (C=O) groups is 1. The number of benzene rings is 1. The molecule has 4 N–H and O–H groups in total. The summed E-state index contributed by atoms with van der Waals surface area (Å²) in [6.45, 7) is 0. The molecule has 0 radical (unpaired) electrons. The van der Waals surface area contributed by atoms with E-state index in [4.69, 9.17) is 23.1 Å². The van der Waals surface area contributed by atoms with Crippen LogP contribution in [0.25, 0.3) is 10.9 Å². The van der Waals surface area contributed by atoms with Crippen molar-refractivity contribution in [1.29, 1.82) is 0 Å². The van der Waals surface area contributed by atoms with Crippen molar-refractivity contribution in [3.8, 4) is 0 Å². The van der Waals surface area contributed by atoms with Gasteiger partial charge in [0.05, 0.1) is 17.3 Å². The summed E-state index contributed by atoms with van der Waals surface area (Å²) < 4.78 is 0. The molecule has 2 aromatic heterocycles. The van der Waals surface area contributed by atoms with Crippen LogP contribution in [-0.2, 0) is 0 Å². The number of fused-ring (bicyclic) bond motifs is 1. The number of anilines is 1. The maximum Gasteiger partial charge on any atom is 0.250 e. The predicted molar refractivity (Wildman–Crippen MR) is 85.8 cm³/mol. The minimum Gasteiger partial charge on any atom is -0.381 e. The largest absolute Gasteiger partial charge is 0.381 e. The molecule has 110 valence electrons. The van der Waals surface area contributed by atoms with E-state index in [9.17, 15) is 4.79 Å². The van der Waals surface area contributed by atoms with Crippen LogP contribution in [-0.4, -0.2) is 20.9 Å². The molecule has 0 fully saturated rings. The third kappa shape index (κ3) is 2.68. The molecule has 0 bridgehead atoms. The summed E-state index contributed by atoms with van der Waals surface area (Å²) in [6.07, 6.45) is 3.04. The van der Waals surface area contributed by atoms with Crippen LogP contribution in [0.3, 0.4) is 0 Å². The second-order valence-corrected chi connectivity index (χ2v) is 5.78. The number of nitrogen functional groups attached to an aromatic ring is 1. The van der Waals surface area contributed by atoms with Crippen molar-refractivity contribution < 1.29 is 4.79 Å². The zero-order valence-corrected chi connectivity index (χ0v) is 12.7. The zero-order valence-electron chi connectivity index (χ0n) is 11.2. The van der Waals surface area contributed by atoms with Gasteiger partial charge in [-0.25, -0.2) is 9.97 Å². The molecule has 0 aliphatic rings. The maximum atomic E-state index is 11.5. The summed E-state index contributed by atoms with van der Waals surface area (Å²) in [5, 5.41) is 1.55. The van der Waals surface area contributed by atoms with Crippen LogP contribution in [0.4, 0.5) is 5.82 Å². The van der Waals surface area contributed by atoms with Gasteiger partial charge in [0.25, 0.3) is 5.91 Å². The normalized spacial score (nSPS) is 10.8. The van der Waals surface area contributed by atoms with Crippen molar-refractivity contribution in [1.82, 2.24) is 15.0 Å². The van der Waals surface area contributed by atoms with Crippen molar-refractivity contribution in [3.63, 3.8) is 0 Å². The van der Waals surface area contributed by atoms with Crippen LogP contribution < -0.4 is 11.5 Å². The Bertz CT molecular complexity index is 886. The number of aromatic nitrogens is 3. The summed E-state index contributed by atoms with van der Waals surface area (Å²) in [7, 11) is 0. The van der Waals surface area contributed by atoms with E-state index in [1.165, 1.54) is 18.0 Å². The average molecular weight is 332 g/mol. The number of pyridine rings is 1. The van der Waals surface area contributed by atoms with E-state index in [0.29, 0.717) is 16.1 Å². The minimum absolute atomic E-state index is 0.234. The minimum atomic E-state index is -0.522. The molecular weight excluding hydrogens is 322 g/mol. The molecule has 3 rings (SSSR count). The average Bonchev–Trinajstić information content (AvgIpc) is 2.50. The van der Waals surface area contributed by atoms with Gasteiger partial charge in [0, 0.05) is 16.5 Å². The molecule has 8 heteroatoms. The highest BCUT2D eigenvalue weighted by Crippen LogP contribution is 2.35. The van der Waals surface area contributed by atoms with Crippen LogP contribution in [0.2, 0.25) is 5.15 Å². The molecule has 0 saturated carbocycles. The Morgan fingerprint density at radius 2 is 2.05 bits per heavy atom. The number of hydrogen-bond donors (Lipinski definition) is 2. The zero-order chi connectivity index (χ0) is 15.7. The van der Waals surface area contributed by atoms with Crippen molar-refractivity contribution in [3.05, 3.63) is 47.4 Å². The fourth-order valence-corrected chi connectivity index (χ4v) is 3.00. The Morgan fingerprint density at radius 1 is 1.23 bits per heavy atom. The molecular formula is C14H10ClN5OS. The molecule has 2 heterocycles. The Morgan fingerprint density at radius 3 is 2.77 bits per heavy atom. The first-order valence-electron chi connectivity index (χ1n) is 6.19. The molecule has 0 unspecified atom stereocenters. The van der Waals surface area contributed by atoms with Crippen LogP contribution in [0, 0.1) is 0 Å². The quantitative estimate of drug-likeness (QED) is 0.763. The van der Waals surface area contributed by atoms with E-state index < -0.39 is 5.91 Å². The van der Waals surface area contributed by atoms with Gasteiger partial charge in [-0.15, -0.1) is 0 Å². The van der Waals surface area contributed by atoms with Gasteiger partial charge in [-0.1, -0.05) is 29.4 Å². The van der Waals surface area contributed by atoms with Crippen LogP contribution in [0.5, 0.6) is 0 Å². The number of halogens is 1. The fraction of sp³-hybridized carbons (Fsp3) is 0. The second kappa shape index (κ2) is 5.78. The topological polar surface area (TPSA) is 108 Å². The number of rotatable bonds is 3. The van der Waals surface area contributed by atoms with E-state index in [0.717, 1.165) is 10.3 Å². The van der Waals surface area contributed by atoms with Gasteiger partial charge >= 0.3 is 0 Å². The van der Waals surface area contributed by atoms with Crippen molar-refractivity contribution >= 4 is 46.0 Å². The molecule has 0 atom stereocenters. The lowest BCUT2D eigenvalue weighted by atomic mass is 10.1. The van der Waals surface area contributed by atoms with Gasteiger partial charge in [-0.2, -0.15) is 0 Å². The van der Waals surface area contributed by atoms with Crippen molar-refractivity contribution in [2.45, 2.75) is 9.92 Å². The third-order valence-corrected chi connectivity index (χ3v) is 4.20. The SMILES string of the molecule is NC(=O)c1ccc(Sc2ncc(Cl)nc2N)c2cccnc12. The molecule has 1 aromatic carbocycles. The molecule has 0 aliphatic heterocycles. The van der Waals surface area contributed by atoms with E-state index in [2.05, 4.69) is 15.0 Å². The maximum absolute atomic E-state index is 11.5. The van der Waals surface area contributed by atoms with Gasteiger partial charge < -0.3 is 11.5 Å². The summed E-state index contributed by atoms with van der Waals surface area (Å²) >= 11 is 7.07. The van der Waals surface area contributed by atoms with Crippen molar-refractivity contribution in [2.75, 3.05) is 5.73 Å². The molecule has 0 saturated heterocycles. The standard InChI is InChI=1S/C14H10ClN5OS/c15-10-6-19-14(12(16)20-10)22-9-4-3-8(13(17)21)11-7(9)2-1-5-18-11/h1-6H,(H2,16,20)(H2,17,21). The monoisotopic (exact) mass is 331 g/mol. The summed E-state index contributed by atoms with van der Waals surface area (Å²) in [5.74, 6) is -0.278. The first-order chi connectivity index (χ1) is 10.6. The Balaban J connectivity index is 2.12. The first kappa shape index (κ1) is 14.6. The second-order valence-electron chi connectivity index (χ2n) is 4.36. The number of nitrogens with two attached hydrogens (primary N) is 2. The van der Waals surface area contributed by atoms with E-state index in [1.54, 1.807) is 24.4 Å².